The van der Waals surface area contributed by atoms with Crippen LogP contribution >= 0.6 is 0 Å². The number of hydrogen-bond donors (Lipinski definition) is 0. The van der Waals surface area contributed by atoms with E-state index in [4.69, 9.17) is 0 Å². The molecule has 0 nitrogen and oxygen atoms in total. The second-order valence-corrected chi connectivity index (χ2v) is 9.10. The SMILES string of the molecule is CCC1CCC(C2CCC(C3CCC(C(F)(F)F)C(F)C3)CC2)CC1. The largest absolute Gasteiger partial charge is 0.394 e. The van der Waals surface area contributed by atoms with Gasteiger partial charge >= 0.3 is 6.18 Å². The van der Waals surface area contributed by atoms with Gasteiger partial charge in [0.1, 0.15) is 6.17 Å². The smallest absolute Gasteiger partial charge is 0.247 e. The van der Waals surface area contributed by atoms with Crippen molar-refractivity contribution in [1.29, 1.82) is 0 Å². The predicted molar refractivity (Wildman–Crippen MR) is 93.0 cm³/mol. The van der Waals surface area contributed by atoms with Crippen LogP contribution in [0.25, 0.3) is 0 Å². The maximum Gasteiger partial charge on any atom is 0.394 e. The summed E-state index contributed by atoms with van der Waals surface area (Å²) >= 11 is 0. The molecule has 3 aliphatic rings. The first-order valence-electron chi connectivity index (χ1n) is 10.6. The average Bonchev–Trinajstić information content (AvgIpc) is 2.61. The molecule has 3 fully saturated rings. The number of alkyl halides is 4. The highest BCUT2D eigenvalue weighted by molar-refractivity contribution is 4.89. The molecule has 25 heavy (non-hydrogen) atoms. The van der Waals surface area contributed by atoms with E-state index < -0.39 is 18.3 Å². The van der Waals surface area contributed by atoms with E-state index in [1.54, 1.807) is 0 Å². The van der Waals surface area contributed by atoms with Crippen molar-refractivity contribution >= 4 is 0 Å². The molecule has 0 heterocycles. The van der Waals surface area contributed by atoms with Crippen LogP contribution in [-0.2, 0) is 0 Å². The molecule has 0 aromatic heterocycles. The Morgan fingerprint density at radius 1 is 0.680 bits per heavy atom. The molecule has 0 N–H and O–H groups in total. The third kappa shape index (κ3) is 4.71. The summed E-state index contributed by atoms with van der Waals surface area (Å²) in [5.74, 6) is 1.56. The van der Waals surface area contributed by atoms with Gasteiger partial charge in [-0.15, -0.1) is 0 Å². The van der Waals surface area contributed by atoms with Crippen molar-refractivity contribution < 1.29 is 17.6 Å². The molecule has 3 unspecified atom stereocenters. The van der Waals surface area contributed by atoms with Gasteiger partial charge < -0.3 is 0 Å². The molecular formula is C21H34F4. The molecule has 0 amide bonds. The zero-order valence-corrected chi connectivity index (χ0v) is 15.5. The lowest BCUT2D eigenvalue weighted by molar-refractivity contribution is -0.202. The quantitative estimate of drug-likeness (QED) is 0.461. The Kier molecular flexibility index (Phi) is 6.36. The van der Waals surface area contributed by atoms with Crippen LogP contribution < -0.4 is 0 Å². The average molecular weight is 362 g/mol. The summed E-state index contributed by atoms with van der Waals surface area (Å²) in [6, 6.07) is 0. The molecule has 146 valence electrons. The van der Waals surface area contributed by atoms with Crippen molar-refractivity contribution in [1.82, 2.24) is 0 Å². The minimum atomic E-state index is -4.36. The molecule has 0 bridgehead atoms. The summed E-state index contributed by atoms with van der Waals surface area (Å²) in [4.78, 5) is 0. The first-order valence-corrected chi connectivity index (χ1v) is 10.6. The first-order chi connectivity index (χ1) is 11.9. The van der Waals surface area contributed by atoms with Gasteiger partial charge in [-0.3, -0.25) is 0 Å². The molecule has 3 aliphatic carbocycles. The van der Waals surface area contributed by atoms with Crippen LogP contribution in [0.15, 0.2) is 0 Å². The zero-order valence-electron chi connectivity index (χ0n) is 15.5. The van der Waals surface area contributed by atoms with Crippen molar-refractivity contribution in [2.75, 3.05) is 0 Å². The molecule has 4 heteroatoms. The van der Waals surface area contributed by atoms with Crippen molar-refractivity contribution in [2.45, 2.75) is 96.3 Å². The molecule has 0 radical (unpaired) electrons. The highest BCUT2D eigenvalue weighted by Gasteiger charge is 2.49. The monoisotopic (exact) mass is 362 g/mol. The molecule has 0 spiro atoms. The molecular weight excluding hydrogens is 328 g/mol. The third-order valence-electron chi connectivity index (χ3n) is 7.85. The van der Waals surface area contributed by atoms with E-state index in [-0.39, 0.29) is 18.8 Å². The Hall–Kier alpha value is -0.280. The van der Waals surface area contributed by atoms with Crippen LogP contribution in [-0.4, -0.2) is 12.3 Å². The highest BCUT2D eigenvalue weighted by atomic mass is 19.4. The van der Waals surface area contributed by atoms with Gasteiger partial charge in [-0.05, 0) is 87.4 Å². The van der Waals surface area contributed by atoms with Crippen molar-refractivity contribution in [3.63, 3.8) is 0 Å². The maximum atomic E-state index is 14.1. The van der Waals surface area contributed by atoms with Gasteiger partial charge in [0, 0.05) is 0 Å². The lowest BCUT2D eigenvalue weighted by Gasteiger charge is -2.42. The zero-order chi connectivity index (χ0) is 18.0. The Labute approximate surface area is 150 Å². The first kappa shape index (κ1) is 19.5. The molecule has 0 saturated heterocycles. The fourth-order valence-corrected chi connectivity index (χ4v) is 6.10. The van der Waals surface area contributed by atoms with E-state index >= 15 is 0 Å². The normalized spacial score (nSPS) is 43.8. The Morgan fingerprint density at radius 3 is 1.56 bits per heavy atom. The van der Waals surface area contributed by atoms with Crippen LogP contribution in [0.5, 0.6) is 0 Å². The molecule has 3 saturated carbocycles. The van der Waals surface area contributed by atoms with Gasteiger partial charge in [-0.25, -0.2) is 4.39 Å². The van der Waals surface area contributed by atoms with E-state index in [1.807, 2.05) is 0 Å². The Bertz CT molecular complexity index is 403. The predicted octanol–water partition coefficient (Wildman–Crippen LogP) is 7.33. The van der Waals surface area contributed by atoms with Crippen LogP contribution in [0.4, 0.5) is 17.6 Å². The Morgan fingerprint density at radius 2 is 1.12 bits per heavy atom. The second kappa shape index (κ2) is 8.17. The summed E-state index contributed by atoms with van der Waals surface area (Å²) in [5, 5.41) is 0. The van der Waals surface area contributed by atoms with E-state index in [1.165, 1.54) is 44.9 Å². The minimum Gasteiger partial charge on any atom is -0.247 e. The minimum absolute atomic E-state index is 0.00368. The fraction of sp³-hybridized carbons (Fsp3) is 1.00. The molecule has 3 atom stereocenters. The summed E-state index contributed by atoms with van der Waals surface area (Å²) in [6.07, 6.45) is 6.17. The van der Waals surface area contributed by atoms with Gasteiger partial charge in [0.05, 0.1) is 5.92 Å². The van der Waals surface area contributed by atoms with E-state index in [0.717, 1.165) is 30.6 Å². The summed E-state index contributed by atoms with van der Waals surface area (Å²) in [6.45, 7) is 2.29. The van der Waals surface area contributed by atoms with Crippen molar-refractivity contribution in [2.24, 2.45) is 35.5 Å². The van der Waals surface area contributed by atoms with Gasteiger partial charge in [0.25, 0.3) is 0 Å². The summed E-state index contributed by atoms with van der Waals surface area (Å²) < 4.78 is 52.6. The molecule has 0 aromatic carbocycles. The van der Waals surface area contributed by atoms with E-state index in [0.29, 0.717) is 12.3 Å². The van der Waals surface area contributed by atoms with Gasteiger partial charge in [-0.2, -0.15) is 13.2 Å². The third-order valence-corrected chi connectivity index (χ3v) is 7.85. The number of halogens is 4. The van der Waals surface area contributed by atoms with Gasteiger partial charge in [0.2, 0.25) is 0 Å². The highest BCUT2D eigenvalue weighted by Crippen LogP contribution is 2.48. The van der Waals surface area contributed by atoms with Gasteiger partial charge in [0.15, 0.2) is 0 Å². The second-order valence-electron chi connectivity index (χ2n) is 9.10. The molecule has 0 aliphatic heterocycles. The van der Waals surface area contributed by atoms with Crippen LogP contribution in [0.1, 0.15) is 84.0 Å². The fourth-order valence-electron chi connectivity index (χ4n) is 6.10. The van der Waals surface area contributed by atoms with Crippen LogP contribution in [0, 0.1) is 35.5 Å². The van der Waals surface area contributed by atoms with Crippen molar-refractivity contribution in [3.05, 3.63) is 0 Å². The van der Waals surface area contributed by atoms with Crippen molar-refractivity contribution in [3.8, 4) is 0 Å². The topological polar surface area (TPSA) is 0 Å². The summed E-state index contributed by atoms with van der Waals surface area (Å²) in [7, 11) is 0. The van der Waals surface area contributed by atoms with E-state index in [9.17, 15) is 17.6 Å². The maximum absolute atomic E-state index is 14.1. The number of rotatable bonds is 3. The standard InChI is InChI=1S/C21H34F4/c1-2-14-3-5-15(6-4-14)16-7-9-17(10-8-16)18-11-12-19(20(22)13-18)21(23,24)25/h14-20H,2-13H2,1H3. The summed E-state index contributed by atoms with van der Waals surface area (Å²) in [5.41, 5.74) is 0. The lowest BCUT2D eigenvalue weighted by atomic mass is 9.64. The molecule has 0 aromatic rings. The molecule has 3 rings (SSSR count). The van der Waals surface area contributed by atoms with Crippen LogP contribution in [0.2, 0.25) is 0 Å². The Balaban J connectivity index is 1.44. The lowest BCUT2D eigenvalue weighted by Crippen LogP contribution is -2.39. The number of hydrogen-bond acceptors (Lipinski definition) is 0. The van der Waals surface area contributed by atoms with Crippen LogP contribution in [0.3, 0.4) is 0 Å². The van der Waals surface area contributed by atoms with Gasteiger partial charge in [-0.1, -0.05) is 26.2 Å². The van der Waals surface area contributed by atoms with E-state index in [2.05, 4.69) is 6.92 Å².